The van der Waals surface area contributed by atoms with Crippen LogP contribution in [0.3, 0.4) is 0 Å². The van der Waals surface area contributed by atoms with Crippen LogP contribution in [0.2, 0.25) is 0 Å². The van der Waals surface area contributed by atoms with Crippen LogP contribution in [0.25, 0.3) is 0 Å². The van der Waals surface area contributed by atoms with E-state index < -0.39 is 10.0 Å². The molecule has 2 aromatic rings. The first-order valence-corrected chi connectivity index (χ1v) is 9.37. The molecule has 6 heteroatoms. The first kappa shape index (κ1) is 17.5. The molecular formula is C19H21NO4S. The Hall–Kier alpha value is -2.31. The number of sulfonamides is 1. The van der Waals surface area contributed by atoms with E-state index in [1.165, 1.54) is 4.31 Å². The van der Waals surface area contributed by atoms with Gasteiger partial charge >= 0.3 is 0 Å². The number of hydrogen-bond acceptors (Lipinski definition) is 4. The second kappa shape index (κ2) is 6.90. The van der Waals surface area contributed by atoms with Gasteiger partial charge in [-0.05, 0) is 36.8 Å². The zero-order chi connectivity index (χ0) is 18.0. The van der Waals surface area contributed by atoms with Gasteiger partial charge in [0.05, 0.1) is 25.2 Å². The minimum atomic E-state index is -3.60. The first-order valence-electron chi connectivity index (χ1n) is 7.93. The molecule has 0 radical (unpaired) electrons. The molecule has 0 spiro atoms. The molecule has 1 aliphatic heterocycles. The summed E-state index contributed by atoms with van der Waals surface area (Å²) in [7, 11) is -0.457. The van der Waals surface area contributed by atoms with Gasteiger partial charge in [0.15, 0.2) is 11.5 Å². The molecule has 25 heavy (non-hydrogen) atoms. The van der Waals surface area contributed by atoms with Crippen molar-refractivity contribution in [3.63, 3.8) is 0 Å². The van der Waals surface area contributed by atoms with Crippen molar-refractivity contribution >= 4 is 10.0 Å². The quantitative estimate of drug-likeness (QED) is 0.768. The lowest BCUT2D eigenvalue weighted by atomic mass is 10.1. The van der Waals surface area contributed by atoms with Gasteiger partial charge in [0.25, 0.3) is 0 Å². The highest BCUT2D eigenvalue weighted by Crippen LogP contribution is 2.38. The average Bonchev–Trinajstić information content (AvgIpc) is 3.04. The van der Waals surface area contributed by atoms with Crippen molar-refractivity contribution in [1.29, 1.82) is 0 Å². The maximum Gasteiger partial charge on any atom is 0.244 e. The molecule has 0 bridgehead atoms. The van der Waals surface area contributed by atoms with E-state index in [4.69, 9.17) is 9.47 Å². The zero-order valence-corrected chi connectivity index (χ0v) is 15.3. The van der Waals surface area contributed by atoms with E-state index >= 15 is 0 Å². The fourth-order valence-electron chi connectivity index (χ4n) is 3.01. The van der Waals surface area contributed by atoms with Gasteiger partial charge < -0.3 is 9.47 Å². The Balaban J connectivity index is 2.03. The van der Waals surface area contributed by atoms with E-state index in [1.54, 1.807) is 50.6 Å². The van der Waals surface area contributed by atoms with Gasteiger partial charge in [0.2, 0.25) is 10.0 Å². The van der Waals surface area contributed by atoms with Crippen molar-refractivity contribution in [3.8, 4) is 11.5 Å². The second-order valence-electron chi connectivity index (χ2n) is 5.94. The fraction of sp³-hybridized carbons (Fsp3) is 0.263. The molecule has 0 N–H and O–H groups in total. The Morgan fingerprint density at radius 2 is 1.68 bits per heavy atom. The van der Waals surface area contributed by atoms with Crippen LogP contribution in [-0.2, 0) is 10.0 Å². The molecule has 0 saturated carbocycles. The van der Waals surface area contributed by atoms with Gasteiger partial charge in [0, 0.05) is 6.54 Å². The van der Waals surface area contributed by atoms with Crippen molar-refractivity contribution in [3.05, 3.63) is 65.7 Å². The van der Waals surface area contributed by atoms with E-state index in [1.807, 2.05) is 25.1 Å². The Kier molecular flexibility index (Phi) is 4.83. The summed E-state index contributed by atoms with van der Waals surface area (Å²) in [5.41, 5.74) is 1.85. The molecule has 0 aromatic heterocycles. The van der Waals surface area contributed by atoms with Gasteiger partial charge in [-0.2, -0.15) is 4.31 Å². The molecular weight excluding hydrogens is 338 g/mol. The molecule has 0 amide bonds. The van der Waals surface area contributed by atoms with Crippen LogP contribution < -0.4 is 9.47 Å². The summed E-state index contributed by atoms with van der Waals surface area (Å²) in [6.07, 6.45) is 1.97. The van der Waals surface area contributed by atoms with Crippen LogP contribution in [0, 0.1) is 0 Å². The number of hydrogen-bond donors (Lipinski definition) is 0. The zero-order valence-electron chi connectivity index (χ0n) is 14.5. The molecule has 1 aliphatic rings. The number of ether oxygens (including phenoxy) is 2. The third-order valence-corrected chi connectivity index (χ3v) is 6.10. The second-order valence-corrected chi connectivity index (χ2v) is 7.83. The number of methoxy groups -OCH3 is 2. The van der Waals surface area contributed by atoms with Crippen molar-refractivity contribution in [2.75, 3.05) is 20.8 Å². The van der Waals surface area contributed by atoms with Crippen LogP contribution in [-0.4, -0.2) is 33.5 Å². The average molecular weight is 359 g/mol. The van der Waals surface area contributed by atoms with Gasteiger partial charge in [0.1, 0.15) is 0 Å². The van der Waals surface area contributed by atoms with Gasteiger partial charge in [-0.15, -0.1) is 0 Å². The summed E-state index contributed by atoms with van der Waals surface area (Å²) in [6.45, 7) is 2.31. The van der Waals surface area contributed by atoms with Crippen LogP contribution in [0.5, 0.6) is 11.5 Å². The standard InChI is InChI=1S/C19H21NO4S/c1-14-11-17(15-9-10-18(23-2)19(12-15)24-3)20(13-14)25(21,22)16-7-5-4-6-8-16/h4-12,17H,13H2,1-3H3. The topological polar surface area (TPSA) is 55.8 Å². The van der Waals surface area contributed by atoms with Gasteiger partial charge in [-0.3, -0.25) is 0 Å². The molecule has 1 unspecified atom stereocenters. The molecule has 5 nitrogen and oxygen atoms in total. The van der Waals surface area contributed by atoms with Gasteiger partial charge in [-0.1, -0.05) is 35.9 Å². The van der Waals surface area contributed by atoms with Crippen molar-refractivity contribution in [1.82, 2.24) is 4.31 Å². The van der Waals surface area contributed by atoms with Crippen LogP contribution in [0.4, 0.5) is 0 Å². The Morgan fingerprint density at radius 3 is 2.32 bits per heavy atom. The summed E-state index contributed by atoms with van der Waals surface area (Å²) in [6, 6.07) is 13.6. The Bertz CT molecular complexity index is 891. The number of nitrogens with zero attached hydrogens (tertiary/aromatic N) is 1. The SMILES string of the molecule is COc1ccc(C2C=C(C)CN2S(=O)(=O)c2ccccc2)cc1OC. The van der Waals surface area contributed by atoms with E-state index in [0.29, 0.717) is 22.9 Å². The third kappa shape index (κ3) is 3.27. The molecule has 0 saturated heterocycles. The normalized spacial score (nSPS) is 18.0. The van der Waals surface area contributed by atoms with Crippen molar-refractivity contribution in [2.45, 2.75) is 17.9 Å². The molecule has 3 rings (SSSR count). The Morgan fingerprint density at radius 1 is 1.00 bits per heavy atom. The van der Waals surface area contributed by atoms with Crippen LogP contribution in [0.15, 0.2) is 65.1 Å². The summed E-state index contributed by atoms with van der Waals surface area (Å²) in [5.74, 6) is 1.19. The van der Waals surface area contributed by atoms with Crippen LogP contribution in [0.1, 0.15) is 18.5 Å². The predicted octanol–water partition coefficient (Wildman–Crippen LogP) is 3.40. The monoisotopic (exact) mass is 359 g/mol. The predicted molar refractivity (Wildman–Crippen MR) is 96.4 cm³/mol. The highest BCUT2D eigenvalue weighted by atomic mass is 32.2. The molecule has 1 heterocycles. The number of rotatable bonds is 5. The molecule has 132 valence electrons. The minimum Gasteiger partial charge on any atom is -0.493 e. The smallest absolute Gasteiger partial charge is 0.244 e. The molecule has 2 aromatic carbocycles. The molecule has 0 fully saturated rings. The summed E-state index contributed by atoms with van der Waals surface area (Å²) < 4.78 is 38.3. The lowest BCUT2D eigenvalue weighted by molar-refractivity contribution is 0.352. The fourth-order valence-corrected chi connectivity index (χ4v) is 4.64. The lowest BCUT2D eigenvalue weighted by Gasteiger charge is -2.25. The van der Waals surface area contributed by atoms with E-state index in [-0.39, 0.29) is 6.04 Å². The largest absolute Gasteiger partial charge is 0.493 e. The van der Waals surface area contributed by atoms with Gasteiger partial charge in [-0.25, -0.2) is 8.42 Å². The summed E-state index contributed by atoms with van der Waals surface area (Å²) in [4.78, 5) is 0.295. The maximum absolute atomic E-state index is 13.1. The van der Waals surface area contributed by atoms with Crippen LogP contribution >= 0.6 is 0 Å². The minimum absolute atomic E-state index is 0.295. The van der Waals surface area contributed by atoms with E-state index in [2.05, 4.69) is 0 Å². The lowest BCUT2D eigenvalue weighted by Crippen LogP contribution is -2.31. The molecule has 1 atom stereocenters. The highest BCUT2D eigenvalue weighted by molar-refractivity contribution is 7.89. The molecule has 0 aliphatic carbocycles. The van der Waals surface area contributed by atoms with E-state index in [0.717, 1.165) is 11.1 Å². The highest BCUT2D eigenvalue weighted by Gasteiger charge is 2.35. The number of benzene rings is 2. The maximum atomic E-state index is 13.1. The first-order chi connectivity index (χ1) is 12.0. The third-order valence-electron chi connectivity index (χ3n) is 4.26. The van der Waals surface area contributed by atoms with Crippen molar-refractivity contribution < 1.29 is 17.9 Å². The summed E-state index contributed by atoms with van der Waals surface area (Å²) >= 11 is 0. The van der Waals surface area contributed by atoms with E-state index in [9.17, 15) is 8.42 Å². The Labute approximate surface area is 148 Å². The van der Waals surface area contributed by atoms with Crippen molar-refractivity contribution in [2.24, 2.45) is 0 Å². The summed E-state index contributed by atoms with van der Waals surface area (Å²) in [5, 5.41) is 0.